The van der Waals surface area contributed by atoms with Crippen LogP contribution in [0.2, 0.25) is 0 Å². The van der Waals surface area contributed by atoms with Gasteiger partial charge in [0.15, 0.2) is 5.70 Å². The molecule has 0 unspecified atom stereocenters. The number of β-lactam (4-membered cyclic amide) rings is 1. The maximum atomic E-state index is 13.3. The van der Waals surface area contributed by atoms with Gasteiger partial charge in [-0.1, -0.05) is 61.2 Å². The van der Waals surface area contributed by atoms with E-state index in [-0.39, 0.29) is 23.8 Å². The standard InChI is InChI=1S/C28H31N3O6S2/c1-2-22(32)23-25(33)30-24(26(34)35)27(39-28(23,30)15-18-10-12-20(13-11-18)31(36)37)38-17-21-9-6-14-29(21)16-19-7-4-3-5-8-19/h3-5,7-8,10-13,21-23,32H,2,6,9,14-17H2,1H3,(H,34,35)/t21-,22+,23-,28-/m1/s1. The van der Waals surface area contributed by atoms with Gasteiger partial charge in [0, 0.05) is 36.9 Å². The minimum Gasteiger partial charge on any atom is -0.477 e. The molecule has 39 heavy (non-hydrogen) atoms. The monoisotopic (exact) mass is 569 g/mol. The zero-order chi connectivity index (χ0) is 27.7. The van der Waals surface area contributed by atoms with Gasteiger partial charge in [0.05, 0.1) is 21.2 Å². The number of amides is 1. The number of nitro groups is 1. The highest BCUT2D eigenvalue weighted by atomic mass is 32.2. The summed E-state index contributed by atoms with van der Waals surface area (Å²) >= 11 is 2.82. The summed E-state index contributed by atoms with van der Waals surface area (Å²) in [7, 11) is 0. The summed E-state index contributed by atoms with van der Waals surface area (Å²) in [6, 6.07) is 16.6. The Hall–Kier alpha value is -2.86. The highest BCUT2D eigenvalue weighted by molar-refractivity contribution is 8.23. The molecule has 2 saturated heterocycles. The summed E-state index contributed by atoms with van der Waals surface area (Å²) in [4.78, 5) is 39.2. The summed E-state index contributed by atoms with van der Waals surface area (Å²) in [6.45, 7) is 3.61. The minimum atomic E-state index is -1.17. The van der Waals surface area contributed by atoms with E-state index in [9.17, 15) is 29.9 Å². The topological polar surface area (TPSA) is 124 Å². The number of likely N-dealkylation sites (tertiary alicyclic amines) is 1. The molecule has 0 spiro atoms. The van der Waals surface area contributed by atoms with Crippen LogP contribution in [0.3, 0.4) is 0 Å². The number of carbonyl (C=O) groups excluding carboxylic acids is 1. The Morgan fingerprint density at radius 1 is 1.21 bits per heavy atom. The van der Waals surface area contributed by atoms with Gasteiger partial charge in [-0.2, -0.15) is 0 Å². The predicted octanol–water partition coefficient (Wildman–Crippen LogP) is 4.46. The van der Waals surface area contributed by atoms with Crippen LogP contribution in [0, 0.1) is 16.0 Å². The number of thioether (sulfide) groups is 2. The number of aliphatic hydroxyl groups excluding tert-OH is 1. The number of aliphatic carboxylic acids is 1. The van der Waals surface area contributed by atoms with Gasteiger partial charge in [0.1, 0.15) is 4.87 Å². The molecule has 11 heteroatoms. The molecule has 2 fully saturated rings. The van der Waals surface area contributed by atoms with Gasteiger partial charge in [0.25, 0.3) is 5.69 Å². The number of carboxylic acids is 1. The normalized spacial score (nSPS) is 25.5. The first-order chi connectivity index (χ1) is 18.7. The van der Waals surface area contributed by atoms with Crippen molar-refractivity contribution < 1.29 is 24.7 Å². The van der Waals surface area contributed by atoms with Crippen molar-refractivity contribution in [2.24, 2.45) is 5.92 Å². The van der Waals surface area contributed by atoms with Gasteiger partial charge >= 0.3 is 5.97 Å². The molecular formula is C28H31N3O6S2. The summed E-state index contributed by atoms with van der Waals surface area (Å²) in [6.07, 6.45) is 1.81. The number of hydrogen-bond acceptors (Lipinski definition) is 8. The lowest BCUT2D eigenvalue weighted by molar-refractivity contribution is -0.384. The number of carboxylic acid groups (broad SMARTS) is 1. The fourth-order valence-corrected chi connectivity index (χ4v) is 9.22. The van der Waals surface area contributed by atoms with E-state index < -0.39 is 33.7 Å². The molecule has 9 nitrogen and oxygen atoms in total. The number of aliphatic hydroxyl groups is 1. The van der Waals surface area contributed by atoms with Crippen LogP contribution < -0.4 is 0 Å². The minimum absolute atomic E-state index is 0.0240. The first kappa shape index (κ1) is 27.7. The van der Waals surface area contributed by atoms with Gasteiger partial charge in [0.2, 0.25) is 5.91 Å². The Bertz CT molecular complexity index is 1290. The van der Waals surface area contributed by atoms with Crippen molar-refractivity contribution in [2.45, 2.75) is 56.2 Å². The lowest BCUT2D eigenvalue weighted by atomic mass is 9.77. The van der Waals surface area contributed by atoms with Crippen molar-refractivity contribution in [3.8, 4) is 0 Å². The van der Waals surface area contributed by atoms with Crippen molar-refractivity contribution in [1.82, 2.24) is 9.80 Å². The number of hydrogen-bond donors (Lipinski definition) is 2. The molecule has 0 saturated carbocycles. The zero-order valence-corrected chi connectivity index (χ0v) is 23.2. The van der Waals surface area contributed by atoms with Crippen molar-refractivity contribution in [3.05, 3.63) is 85.8 Å². The van der Waals surface area contributed by atoms with E-state index in [0.717, 1.165) is 31.5 Å². The van der Waals surface area contributed by atoms with Crippen molar-refractivity contribution >= 4 is 41.1 Å². The second kappa shape index (κ2) is 11.3. The molecule has 0 aromatic heterocycles. The average molecular weight is 570 g/mol. The number of fused-ring (bicyclic) bond motifs is 1. The lowest BCUT2D eigenvalue weighted by Crippen LogP contribution is -2.71. The fraction of sp³-hybridized carbons (Fsp3) is 0.429. The fourth-order valence-electron chi connectivity index (χ4n) is 5.82. The first-order valence-corrected chi connectivity index (χ1v) is 14.9. The third-order valence-corrected chi connectivity index (χ3v) is 10.7. The molecule has 2 aromatic carbocycles. The van der Waals surface area contributed by atoms with E-state index in [1.165, 1.54) is 46.1 Å². The molecular weight excluding hydrogens is 538 g/mol. The van der Waals surface area contributed by atoms with E-state index in [0.29, 0.717) is 16.4 Å². The highest BCUT2D eigenvalue weighted by Crippen LogP contribution is 2.63. The number of benzene rings is 2. The Morgan fingerprint density at radius 2 is 1.92 bits per heavy atom. The zero-order valence-electron chi connectivity index (χ0n) is 21.6. The predicted molar refractivity (Wildman–Crippen MR) is 151 cm³/mol. The second-order valence-electron chi connectivity index (χ2n) is 10.2. The van der Waals surface area contributed by atoms with E-state index in [1.807, 2.05) is 18.2 Å². The quantitative estimate of drug-likeness (QED) is 0.229. The summed E-state index contributed by atoms with van der Waals surface area (Å²) in [5.41, 5.74) is 1.91. The second-order valence-corrected chi connectivity index (χ2v) is 12.8. The van der Waals surface area contributed by atoms with Crippen LogP contribution in [0.4, 0.5) is 5.69 Å². The maximum absolute atomic E-state index is 13.3. The van der Waals surface area contributed by atoms with Crippen molar-refractivity contribution in [1.29, 1.82) is 0 Å². The first-order valence-electron chi connectivity index (χ1n) is 13.1. The van der Waals surface area contributed by atoms with Crippen LogP contribution >= 0.6 is 23.5 Å². The number of non-ortho nitro benzene ring substituents is 1. The summed E-state index contributed by atoms with van der Waals surface area (Å²) in [5, 5.41) is 32.1. The lowest BCUT2D eigenvalue weighted by Gasteiger charge is -2.54. The highest BCUT2D eigenvalue weighted by Gasteiger charge is 2.68. The summed E-state index contributed by atoms with van der Waals surface area (Å²) < 4.78 is 0.579. The molecule has 2 N–H and O–H groups in total. The van der Waals surface area contributed by atoms with E-state index >= 15 is 0 Å². The van der Waals surface area contributed by atoms with Crippen LogP contribution in [-0.2, 0) is 22.6 Å². The Labute approximate surface area is 235 Å². The molecule has 1 amide bonds. The van der Waals surface area contributed by atoms with E-state index in [2.05, 4.69) is 17.0 Å². The average Bonchev–Trinajstić information content (AvgIpc) is 3.48. The van der Waals surface area contributed by atoms with Crippen LogP contribution in [0.25, 0.3) is 0 Å². The molecule has 206 valence electrons. The molecule has 0 aliphatic carbocycles. The van der Waals surface area contributed by atoms with Gasteiger partial charge < -0.3 is 10.2 Å². The molecule has 3 heterocycles. The Balaban J connectivity index is 1.38. The number of nitro benzene ring substituents is 1. The third kappa shape index (κ3) is 5.20. The van der Waals surface area contributed by atoms with Gasteiger partial charge in [-0.05, 0) is 36.9 Å². The summed E-state index contributed by atoms with van der Waals surface area (Å²) in [5.74, 6) is -1.63. The van der Waals surface area contributed by atoms with Crippen LogP contribution in [0.1, 0.15) is 37.3 Å². The molecule has 0 radical (unpaired) electrons. The molecule has 2 aromatic rings. The smallest absolute Gasteiger partial charge is 0.354 e. The molecule has 3 aliphatic heterocycles. The Kier molecular flexibility index (Phi) is 8.04. The molecule has 5 rings (SSSR count). The van der Waals surface area contributed by atoms with Gasteiger partial charge in [-0.15, -0.1) is 11.8 Å². The van der Waals surface area contributed by atoms with Gasteiger partial charge in [-0.3, -0.25) is 24.7 Å². The maximum Gasteiger partial charge on any atom is 0.354 e. The number of nitrogens with zero attached hydrogens (tertiary/aromatic N) is 3. The largest absolute Gasteiger partial charge is 0.477 e. The SMILES string of the molecule is CC[C@H](O)[C@@H]1C(=O)N2C(C(=O)O)=C(SC[C@H]3CCCN3Cc3ccccc3)S[C@]12Cc1ccc([N+](=O)[O-])cc1. The van der Waals surface area contributed by atoms with Crippen LogP contribution in [0.5, 0.6) is 0 Å². The van der Waals surface area contributed by atoms with Crippen LogP contribution in [-0.4, -0.2) is 66.1 Å². The third-order valence-electron chi connectivity index (χ3n) is 7.78. The van der Waals surface area contributed by atoms with E-state index in [4.69, 9.17) is 0 Å². The van der Waals surface area contributed by atoms with Crippen molar-refractivity contribution in [3.63, 3.8) is 0 Å². The Morgan fingerprint density at radius 3 is 2.56 bits per heavy atom. The van der Waals surface area contributed by atoms with Crippen molar-refractivity contribution in [2.75, 3.05) is 12.3 Å². The van der Waals surface area contributed by atoms with Crippen LogP contribution in [0.15, 0.2) is 64.5 Å². The molecule has 4 atom stereocenters. The molecule has 3 aliphatic rings. The number of rotatable bonds is 11. The molecule has 0 bridgehead atoms. The number of carbonyl (C=O) groups is 2. The van der Waals surface area contributed by atoms with E-state index in [1.54, 1.807) is 19.1 Å². The van der Waals surface area contributed by atoms with Gasteiger partial charge in [-0.25, -0.2) is 4.79 Å².